The Morgan fingerprint density at radius 1 is 1.00 bits per heavy atom. The molecule has 0 spiro atoms. The third-order valence-electron chi connectivity index (χ3n) is 0.657. The Balaban J connectivity index is 0. The third-order valence-corrected chi connectivity index (χ3v) is 0.657. The van der Waals surface area contributed by atoms with Gasteiger partial charge in [-0.15, -0.1) is 0 Å². The maximum atomic E-state index is 7.26. The van der Waals surface area contributed by atoms with Crippen molar-refractivity contribution in [1.82, 2.24) is 0 Å². The molecule has 0 amide bonds. The summed E-state index contributed by atoms with van der Waals surface area (Å²) in [5.41, 5.74) is 0. The van der Waals surface area contributed by atoms with E-state index >= 15 is 0 Å². The van der Waals surface area contributed by atoms with E-state index in [-0.39, 0.29) is 15.9 Å². The second kappa shape index (κ2) is 17.5. The van der Waals surface area contributed by atoms with Crippen molar-refractivity contribution in [3.05, 3.63) is 36.4 Å². The van der Waals surface area contributed by atoms with Gasteiger partial charge in [0.1, 0.15) is 0 Å². The molecule has 1 aromatic carbocycles. The third kappa shape index (κ3) is 24.6. The molecular formula is C8H5Cl2N2Pd-. The van der Waals surface area contributed by atoms with Crippen LogP contribution in [0.5, 0.6) is 0 Å². The standard InChI is InChI=1S/C6H5.C2N2.2ClH.Pd/c1-2-4-6-5-3-1;3-1-2-4;;;/h1-5H;;2*1H;/q-1;;;;+2/p-2. The summed E-state index contributed by atoms with van der Waals surface area (Å²) in [6, 6.07) is 15.0. The topological polar surface area (TPSA) is 47.6 Å². The van der Waals surface area contributed by atoms with Gasteiger partial charge >= 0.3 is 35.0 Å². The van der Waals surface area contributed by atoms with Crippen LogP contribution in [0, 0.1) is 28.7 Å². The van der Waals surface area contributed by atoms with Gasteiger partial charge in [0, 0.05) is 0 Å². The van der Waals surface area contributed by atoms with Gasteiger partial charge in [-0.3, -0.25) is 0 Å². The zero-order valence-electron chi connectivity index (χ0n) is 6.35. The van der Waals surface area contributed by atoms with Crippen molar-refractivity contribution in [3.8, 4) is 12.1 Å². The van der Waals surface area contributed by atoms with Crippen LogP contribution >= 0.6 is 19.1 Å². The molecule has 0 N–H and O–H groups in total. The van der Waals surface area contributed by atoms with E-state index in [1.54, 1.807) is 0 Å². The van der Waals surface area contributed by atoms with Crippen molar-refractivity contribution in [2.45, 2.75) is 0 Å². The van der Waals surface area contributed by atoms with Crippen LogP contribution in [0.25, 0.3) is 0 Å². The predicted molar refractivity (Wildman–Crippen MR) is 48.2 cm³/mol. The van der Waals surface area contributed by atoms with Crippen LogP contribution in [0.15, 0.2) is 30.3 Å². The first kappa shape index (κ1) is 14.9. The summed E-state index contributed by atoms with van der Waals surface area (Å²) in [5.74, 6) is 0. The Bertz CT molecular complexity index is 214. The summed E-state index contributed by atoms with van der Waals surface area (Å²) in [7, 11) is 9.63. The minimum Gasteiger partial charge on any atom is -0.184 e. The van der Waals surface area contributed by atoms with Gasteiger partial charge in [-0.1, -0.05) is 0 Å². The Hall–Kier alpha value is -0.558. The largest absolute Gasteiger partial charge is 0.184 e. The van der Waals surface area contributed by atoms with Crippen LogP contribution < -0.4 is 0 Å². The molecule has 0 radical (unpaired) electrons. The van der Waals surface area contributed by atoms with Gasteiger partial charge in [0.05, 0.1) is 0 Å². The second-order valence-corrected chi connectivity index (χ2v) is 3.71. The smallest absolute Gasteiger partial charge is 0.171 e. The van der Waals surface area contributed by atoms with Gasteiger partial charge in [-0.25, -0.2) is 0 Å². The molecule has 0 aromatic heterocycles. The maximum Gasteiger partial charge on any atom is -0.171 e. The SMILES string of the molecule is N#CC#N.[Cl][Pd][Cl].[c-]1ccccc1. The zero-order chi connectivity index (χ0) is 10.4. The van der Waals surface area contributed by atoms with Crippen molar-refractivity contribution >= 4 is 19.1 Å². The summed E-state index contributed by atoms with van der Waals surface area (Å²) in [5, 5.41) is 14.5. The first-order valence-electron chi connectivity index (χ1n) is 2.85. The summed E-state index contributed by atoms with van der Waals surface area (Å²) >= 11 is -0.106. The quantitative estimate of drug-likeness (QED) is 0.546. The van der Waals surface area contributed by atoms with Crippen LogP contribution in [0.1, 0.15) is 0 Å². The average molecular weight is 306 g/mol. The Morgan fingerprint density at radius 2 is 1.38 bits per heavy atom. The summed E-state index contributed by atoms with van der Waals surface area (Å²) in [4.78, 5) is 0. The molecule has 0 unspecified atom stereocenters. The van der Waals surface area contributed by atoms with Crippen LogP contribution in [-0.4, -0.2) is 0 Å². The molecule has 0 aliphatic rings. The van der Waals surface area contributed by atoms with Crippen molar-refractivity contribution in [1.29, 1.82) is 10.5 Å². The second-order valence-electron chi connectivity index (χ2n) is 1.35. The number of halogens is 2. The van der Waals surface area contributed by atoms with E-state index in [1.807, 2.05) is 30.3 Å². The molecule has 0 atom stereocenters. The molecule has 0 aliphatic heterocycles. The molecule has 0 bridgehead atoms. The van der Waals surface area contributed by atoms with Gasteiger partial charge in [0.15, 0.2) is 12.1 Å². The van der Waals surface area contributed by atoms with Crippen molar-refractivity contribution in [3.63, 3.8) is 0 Å². The van der Waals surface area contributed by atoms with E-state index in [2.05, 4.69) is 6.07 Å². The van der Waals surface area contributed by atoms with Gasteiger partial charge in [-0.05, 0) is 0 Å². The van der Waals surface area contributed by atoms with E-state index in [0.717, 1.165) is 0 Å². The van der Waals surface area contributed by atoms with Crippen molar-refractivity contribution < 1.29 is 15.9 Å². The molecule has 5 heteroatoms. The van der Waals surface area contributed by atoms with E-state index in [1.165, 1.54) is 12.1 Å². The van der Waals surface area contributed by atoms with E-state index in [4.69, 9.17) is 29.6 Å². The van der Waals surface area contributed by atoms with E-state index < -0.39 is 0 Å². The molecule has 0 saturated heterocycles. The van der Waals surface area contributed by atoms with E-state index in [0.29, 0.717) is 0 Å². The number of benzene rings is 1. The van der Waals surface area contributed by atoms with Gasteiger partial charge < -0.3 is 0 Å². The molecule has 13 heavy (non-hydrogen) atoms. The molecule has 72 valence electrons. The van der Waals surface area contributed by atoms with Crippen molar-refractivity contribution in [2.75, 3.05) is 0 Å². The molecule has 0 saturated carbocycles. The summed E-state index contributed by atoms with van der Waals surface area (Å²) in [6.45, 7) is 0. The van der Waals surface area contributed by atoms with Crippen LogP contribution in [-0.2, 0) is 15.9 Å². The van der Waals surface area contributed by atoms with Crippen molar-refractivity contribution in [2.24, 2.45) is 0 Å². The Morgan fingerprint density at radius 3 is 1.46 bits per heavy atom. The number of nitrogens with zero attached hydrogens (tertiary/aromatic N) is 2. The van der Waals surface area contributed by atoms with Gasteiger partial charge in [0.2, 0.25) is 0 Å². The first-order chi connectivity index (χ1) is 6.33. The summed E-state index contributed by atoms with van der Waals surface area (Å²) in [6.07, 6.45) is 0. The molecule has 0 heterocycles. The predicted octanol–water partition coefficient (Wildman–Crippen LogP) is 2.90. The van der Waals surface area contributed by atoms with Gasteiger partial charge in [-0.2, -0.15) is 46.9 Å². The number of rotatable bonds is 0. The Kier molecular flexibility index (Phi) is 20.1. The molecule has 1 rings (SSSR count). The fourth-order valence-electron chi connectivity index (χ4n) is 0.342. The van der Waals surface area contributed by atoms with Crippen LogP contribution in [0.3, 0.4) is 0 Å². The zero-order valence-corrected chi connectivity index (χ0v) is 9.42. The minimum absolute atomic E-state index is 0.106. The van der Waals surface area contributed by atoms with Gasteiger partial charge in [0.25, 0.3) is 0 Å². The fourth-order valence-corrected chi connectivity index (χ4v) is 0.342. The number of hydrogen-bond acceptors (Lipinski definition) is 2. The van der Waals surface area contributed by atoms with Crippen LogP contribution in [0.2, 0.25) is 0 Å². The monoisotopic (exact) mass is 305 g/mol. The average Bonchev–Trinajstić information content (AvgIpc) is 2.22. The molecule has 2 nitrogen and oxygen atoms in total. The normalized spacial score (nSPS) is 6.15. The molecule has 1 aromatic rings. The first-order valence-corrected chi connectivity index (χ1v) is 6.85. The molecule has 0 aliphatic carbocycles. The number of hydrogen-bond donors (Lipinski definition) is 0. The Labute approximate surface area is 93.8 Å². The van der Waals surface area contributed by atoms with Crippen LogP contribution in [0.4, 0.5) is 0 Å². The molecule has 0 fully saturated rings. The maximum absolute atomic E-state index is 7.26. The summed E-state index contributed by atoms with van der Waals surface area (Å²) < 4.78 is 0. The fraction of sp³-hybridized carbons (Fsp3) is 0. The minimum atomic E-state index is -0.106. The molecular weight excluding hydrogens is 301 g/mol. The number of nitriles is 2. The van der Waals surface area contributed by atoms with E-state index in [9.17, 15) is 0 Å².